The molecule has 110 valence electrons. The van der Waals surface area contributed by atoms with Crippen LogP contribution in [0.5, 0.6) is 0 Å². The van der Waals surface area contributed by atoms with E-state index in [2.05, 4.69) is 68.3 Å². The summed E-state index contributed by atoms with van der Waals surface area (Å²) in [6.07, 6.45) is 4.34. The van der Waals surface area contributed by atoms with Crippen LogP contribution in [0.2, 0.25) is 0 Å². The van der Waals surface area contributed by atoms with Gasteiger partial charge in [-0.15, -0.1) is 11.3 Å². The smallest absolute Gasteiger partial charge is 0.113 e. The molecule has 0 fully saturated rings. The predicted molar refractivity (Wildman–Crippen MR) is 86.3 cm³/mol. The Bertz CT molecular complexity index is 546. The van der Waals surface area contributed by atoms with Crippen molar-refractivity contribution in [3.8, 4) is 0 Å². The second kappa shape index (κ2) is 6.10. The first-order valence-electron chi connectivity index (χ1n) is 7.17. The minimum Gasteiger partial charge on any atom is -0.347 e. The Kier molecular flexibility index (Phi) is 4.66. The number of hydrogen-bond acceptors (Lipinski definition) is 3. The van der Waals surface area contributed by atoms with Crippen LogP contribution < -0.4 is 5.32 Å². The average molecular weight is 291 g/mol. The molecule has 0 aliphatic carbocycles. The fourth-order valence-electron chi connectivity index (χ4n) is 1.90. The zero-order chi connectivity index (χ0) is 14.8. The standard InChI is InChI=1S/C16H25N3S/c1-12(2)17-8-13-6-7-19(9-13)10-15-18-14(11-20-15)16(3,4)5/h6-7,9,11-12,17H,8,10H2,1-5H3. The monoisotopic (exact) mass is 291 g/mol. The Labute approximate surface area is 126 Å². The molecule has 0 bridgehead atoms. The number of hydrogen-bond donors (Lipinski definition) is 1. The lowest BCUT2D eigenvalue weighted by Gasteiger charge is -2.14. The molecule has 0 saturated carbocycles. The number of nitrogens with one attached hydrogen (secondary N) is 1. The zero-order valence-electron chi connectivity index (χ0n) is 13.1. The zero-order valence-corrected chi connectivity index (χ0v) is 13.9. The van der Waals surface area contributed by atoms with Crippen LogP contribution in [0.1, 0.15) is 50.9 Å². The molecule has 0 radical (unpaired) electrons. The van der Waals surface area contributed by atoms with Crippen LogP contribution in [0.15, 0.2) is 23.8 Å². The van der Waals surface area contributed by atoms with Gasteiger partial charge in [0.25, 0.3) is 0 Å². The highest BCUT2D eigenvalue weighted by Crippen LogP contribution is 2.24. The van der Waals surface area contributed by atoms with Gasteiger partial charge < -0.3 is 9.88 Å². The van der Waals surface area contributed by atoms with E-state index in [1.165, 1.54) is 16.3 Å². The molecule has 2 aromatic rings. The van der Waals surface area contributed by atoms with Gasteiger partial charge in [-0.3, -0.25) is 0 Å². The lowest BCUT2D eigenvalue weighted by molar-refractivity contribution is 0.569. The van der Waals surface area contributed by atoms with E-state index in [9.17, 15) is 0 Å². The molecule has 0 aromatic carbocycles. The van der Waals surface area contributed by atoms with Crippen molar-refractivity contribution < 1.29 is 0 Å². The van der Waals surface area contributed by atoms with Crippen molar-refractivity contribution in [2.45, 2.75) is 59.2 Å². The normalized spacial score (nSPS) is 12.3. The third-order valence-electron chi connectivity index (χ3n) is 3.16. The third kappa shape index (κ3) is 4.18. The summed E-state index contributed by atoms with van der Waals surface area (Å²) in [6.45, 7) is 12.7. The summed E-state index contributed by atoms with van der Waals surface area (Å²) in [5.41, 5.74) is 2.65. The fourth-order valence-corrected chi connectivity index (χ4v) is 2.93. The van der Waals surface area contributed by atoms with Crippen molar-refractivity contribution in [2.24, 2.45) is 0 Å². The first-order chi connectivity index (χ1) is 9.34. The Hall–Kier alpha value is -1.13. The maximum Gasteiger partial charge on any atom is 0.113 e. The van der Waals surface area contributed by atoms with E-state index < -0.39 is 0 Å². The van der Waals surface area contributed by atoms with Gasteiger partial charge in [-0.2, -0.15) is 0 Å². The van der Waals surface area contributed by atoms with E-state index in [0.717, 1.165) is 13.1 Å². The van der Waals surface area contributed by atoms with E-state index in [1.54, 1.807) is 11.3 Å². The van der Waals surface area contributed by atoms with Crippen LogP contribution in [-0.2, 0) is 18.5 Å². The van der Waals surface area contributed by atoms with Gasteiger partial charge >= 0.3 is 0 Å². The highest BCUT2D eigenvalue weighted by molar-refractivity contribution is 7.09. The molecule has 0 aliphatic heterocycles. The summed E-state index contributed by atoms with van der Waals surface area (Å²) in [5, 5.41) is 6.79. The first-order valence-corrected chi connectivity index (χ1v) is 8.05. The van der Waals surface area contributed by atoms with Gasteiger partial charge in [0.1, 0.15) is 5.01 Å². The molecule has 20 heavy (non-hydrogen) atoms. The highest BCUT2D eigenvalue weighted by atomic mass is 32.1. The first kappa shape index (κ1) is 15.3. The van der Waals surface area contributed by atoms with Crippen molar-refractivity contribution in [3.63, 3.8) is 0 Å². The molecule has 0 aliphatic rings. The molecular weight excluding hydrogens is 266 g/mol. The van der Waals surface area contributed by atoms with Gasteiger partial charge in [-0.1, -0.05) is 34.6 Å². The number of nitrogens with zero attached hydrogens (tertiary/aromatic N) is 2. The van der Waals surface area contributed by atoms with E-state index in [-0.39, 0.29) is 5.41 Å². The summed E-state index contributed by atoms with van der Waals surface area (Å²) in [6, 6.07) is 2.69. The number of aromatic nitrogens is 2. The van der Waals surface area contributed by atoms with Gasteiger partial charge in [-0.25, -0.2) is 4.98 Å². The van der Waals surface area contributed by atoms with Gasteiger partial charge in [0.15, 0.2) is 0 Å². The summed E-state index contributed by atoms with van der Waals surface area (Å²) in [5.74, 6) is 0. The molecule has 2 heterocycles. The summed E-state index contributed by atoms with van der Waals surface area (Å²) in [7, 11) is 0. The van der Waals surface area contributed by atoms with Crippen LogP contribution >= 0.6 is 11.3 Å². The second-order valence-corrected chi connectivity index (χ2v) is 7.55. The Morgan fingerprint density at radius 3 is 2.70 bits per heavy atom. The lowest BCUT2D eigenvalue weighted by Crippen LogP contribution is -2.21. The van der Waals surface area contributed by atoms with E-state index in [0.29, 0.717) is 6.04 Å². The summed E-state index contributed by atoms with van der Waals surface area (Å²) in [4.78, 5) is 4.74. The molecule has 1 N–H and O–H groups in total. The Morgan fingerprint density at radius 1 is 1.35 bits per heavy atom. The highest BCUT2D eigenvalue weighted by Gasteiger charge is 2.17. The minimum absolute atomic E-state index is 0.137. The topological polar surface area (TPSA) is 29.9 Å². The SMILES string of the molecule is CC(C)NCc1ccn(Cc2nc(C(C)(C)C)cs2)c1. The Balaban J connectivity index is 1.98. The second-order valence-electron chi connectivity index (χ2n) is 6.60. The lowest BCUT2D eigenvalue weighted by atomic mass is 9.93. The van der Waals surface area contributed by atoms with Crippen LogP contribution in [0, 0.1) is 0 Å². The fraction of sp³-hybridized carbons (Fsp3) is 0.562. The molecule has 0 spiro atoms. The van der Waals surface area contributed by atoms with Crippen LogP contribution in [0.25, 0.3) is 0 Å². The van der Waals surface area contributed by atoms with Gasteiger partial charge in [-0.05, 0) is 11.6 Å². The average Bonchev–Trinajstić information content (AvgIpc) is 2.95. The number of thiazole rings is 1. The Morgan fingerprint density at radius 2 is 2.10 bits per heavy atom. The van der Waals surface area contributed by atoms with Crippen LogP contribution in [0.4, 0.5) is 0 Å². The molecule has 2 rings (SSSR count). The van der Waals surface area contributed by atoms with Crippen molar-refractivity contribution in [1.29, 1.82) is 0 Å². The molecule has 0 saturated heterocycles. The summed E-state index contributed by atoms with van der Waals surface area (Å²) >= 11 is 1.75. The largest absolute Gasteiger partial charge is 0.347 e. The number of rotatable bonds is 5. The van der Waals surface area contributed by atoms with E-state index in [1.807, 2.05) is 0 Å². The summed E-state index contributed by atoms with van der Waals surface area (Å²) < 4.78 is 2.21. The van der Waals surface area contributed by atoms with Crippen molar-refractivity contribution >= 4 is 11.3 Å². The molecule has 4 heteroatoms. The van der Waals surface area contributed by atoms with Gasteiger partial charge in [0.2, 0.25) is 0 Å². The van der Waals surface area contributed by atoms with Crippen LogP contribution in [-0.4, -0.2) is 15.6 Å². The molecule has 2 aromatic heterocycles. The third-order valence-corrected chi connectivity index (χ3v) is 4.00. The molecular formula is C16H25N3S. The van der Waals surface area contributed by atoms with E-state index in [4.69, 9.17) is 4.98 Å². The molecule has 0 unspecified atom stereocenters. The van der Waals surface area contributed by atoms with Gasteiger partial charge in [0, 0.05) is 35.8 Å². The van der Waals surface area contributed by atoms with E-state index >= 15 is 0 Å². The quantitative estimate of drug-likeness (QED) is 0.908. The van der Waals surface area contributed by atoms with Gasteiger partial charge in [0.05, 0.1) is 12.2 Å². The molecule has 0 atom stereocenters. The maximum absolute atomic E-state index is 4.74. The molecule has 0 amide bonds. The van der Waals surface area contributed by atoms with Crippen molar-refractivity contribution in [2.75, 3.05) is 0 Å². The predicted octanol–water partition coefficient (Wildman–Crippen LogP) is 3.79. The van der Waals surface area contributed by atoms with Crippen LogP contribution in [0.3, 0.4) is 0 Å². The van der Waals surface area contributed by atoms with Crippen molar-refractivity contribution in [1.82, 2.24) is 14.9 Å². The molecule has 3 nitrogen and oxygen atoms in total. The maximum atomic E-state index is 4.74. The van der Waals surface area contributed by atoms with Crippen molar-refractivity contribution in [3.05, 3.63) is 40.1 Å². The minimum atomic E-state index is 0.137.